The summed E-state index contributed by atoms with van der Waals surface area (Å²) >= 11 is 1.39. The van der Waals surface area contributed by atoms with Crippen molar-refractivity contribution in [2.24, 2.45) is 0 Å². The number of anilines is 2. The Bertz CT molecular complexity index is 573. The molecule has 1 aromatic carbocycles. The molecule has 0 amide bonds. The van der Waals surface area contributed by atoms with Gasteiger partial charge in [0.15, 0.2) is 12.4 Å². The molecule has 8 heteroatoms. The van der Waals surface area contributed by atoms with Crippen molar-refractivity contribution in [3.05, 3.63) is 36.2 Å². The predicted molar refractivity (Wildman–Crippen MR) is 75.6 cm³/mol. The van der Waals surface area contributed by atoms with E-state index < -0.39 is 0 Å². The molecule has 0 aliphatic carbocycles. The molecule has 0 unspecified atom stereocenters. The first-order chi connectivity index (χ1) is 9.63. The van der Waals surface area contributed by atoms with Gasteiger partial charge in [0.05, 0.1) is 5.75 Å². The zero-order chi connectivity index (χ0) is 14.4. The number of rotatable bonds is 5. The van der Waals surface area contributed by atoms with Crippen molar-refractivity contribution in [3.8, 4) is 0 Å². The lowest BCUT2D eigenvalue weighted by Gasteiger charge is -2.04. The maximum atomic E-state index is 11.6. The number of aromatic nitrogens is 3. The molecule has 1 heterocycles. The molecule has 20 heavy (non-hydrogen) atoms. The van der Waals surface area contributed by atoms with Gasteiger partial charge in [0.2, 0.25) is 11.9 Å². The van der Waals surface area contributed by atoms with Crippen LogP contribution >= 0.6 is 11.8 Å². The number of nitrogen functional groups attached to an aromatic ring is 2. The monoisotopic (exact) mass is 291 g/mol. The van der Waals surface area contributed by atoms with Gasteiger partial charge in [-0.05, 0) is 12.1 Å². The van der Waals surface area contributed by atoms with Gasteiger partial charge in [-0.25, -0.2) is 0 Å². The van der Waals surface area contributed by atoms with E-state index in [-0.39, 0.29) is 36.1 Å². The fraction of sp³-hybridized carbons (Fsp3) is 0.167. The Balaban J connectivity index is 1.80. The van der Waals surface area contributed by atoms with Crippen LogP contribution in [-0.2, 0) is 16.1 Å². The topological polar surface area (TPSA) is 117 Å². The molecule has 0 radical (unpaired) electrons. The standard InChI is InChI=1S/C12H13N5O2S/c13-11-15-9(16-12(14)17-11)6-19-10(18)7-20-8-4-2-1-3-5-8/h1-5H,6-7H2,(H4,13,14,15,16,17). The van der Waals surface area contributed by atoms with E-state index in [4.69, 9.17) is 16.2 Å². The molecular weight excluding hydrogens is 278 g/mol. The number of nitrogens with zero attached hydrogens (tertiary/aromatic N) is 3. The predicted octanol–water partition coefficient (Wildman–Crippen LogP) is 0.871. The van der Waals surface area contributed by atoms with E-state index in [2.05, 4.69) is 15.0 Å². The van der Waals surface area contributed by atoms with Gasteiger partial charge in [0.1, 0.15) is 0 Å². The highest BCUT2D eigenvalue weighted by Crippen LogP contribution is 2.17. The normalized spacial score (nSPS) is 10.2. The van der Waals surface area contributed by atoms with Crippen LogP contribution in [0.15, 0.2) is 35.2 Å². The number of nitrogens with two attached hydrogens (primary N) is 2. The van der Waals surface area contributed by atoms with Gasteiger partial charge in [-0.1, -0.05) is 18.2 Å². The minimum atomic E-state index is -0.364. The Kier molecular flexibility index (Phi) is 4.72. The number of carbonyl (C=O) groups excluding carboxylic acids is 1. The van der Waals surface area contributed by atoms with Crippen LogP contribution in [0.25, 0.3) is 0 Å². The lowest BCUT2D eigenvalue weighted by Crippen LogP contribution is -2.12. The van der Waals surface area contributed by atoms with Crippen LogP contribution in [0, 0.1) is 0 Å². The summed E-state index contributed by atoms with van der Waals surface area (Å²) in [6.45, 7) is -0.0783. The Morgan fingerprint density at radius 3 is 2.40 bits per heavy atom. The van der Waals surface area contributed by atoms with Crippen molar-refractivity contribution in [3.63, 3.8) is 0 Å². The zero-order valence-electron chi connectivity index (χ0n) is 10.5. The molecule has 1 aromatic heterocycles. The van der Waals surface area contributed by atoms with Crippen molar-refractivity contribution in [1.29, 1.82) is 0 Å². The largest absolute Gasteiger partial charge is 0.457 e. The summed E-state index contributed by atoms with van der Waals surface area (Å²) in [5, 5.41) is 0. The average Bonchev–Trinajstić information content (AvgIpc) is 2.43. The number of ether oxygens (including phenoxy) is 1. The first-order valence-corrected chi connectivity index (χ1v) is 6.71. The first-order valence-electron chi connectivity index (χ1n) is 5.73. The molecule has 7 nitrogen and oxygen atoms in total. The molecule has 104 valence electrons. The third-order valence-corrected chi connectivity index (χ3v) is 3.16. The molecule has 0 aliphatic rings. The van der Waals surface area contributed by atoms with Gasteiger partial charge in [-0.3, -0.25) is 4.79 Å². The molecule has 4 N–H and O–H groups in total. The summed E-state index contributed by atoms with van der Waals surface area (Å²) in [6.07, 6.45) is 0. The van der Waals surface area contributed by atoms with E-state index in [0.717, 1.165) is 4.90 Å². The maximum Gasteiger partial charge on any atom is 0.316 e. The van der Waals surface area contributed by atoms with Crippen LogP contribution in [0.2, 0.25) is 0 Å². The SMILES string of the molecule is Nc1nc(N)nc(COC(=O)CSc2ccccc2)n1. The summed E-state index contributed by atoms with van der Waals surface area (Å²) < 4.78 is 5.04. The number of benzene rings is 1. The van der Waals surface area contributed by atoms with Gasteiger partial charge in [-0.15, -0.1) is 11.8 Å². The van der Waals surface area contributed by atoms with Gasteiger partial charge < -0.3 is 16.2 Å². The number of hydrogen-bond donors (Lipinski definition) is 2. The van der Waals surface area contributed by atoms with E-state index in [9.17, 15) is 4.79 Å². The first kappa shape index (κ1) is 14.1. The summed E-state index contributed by atoms with van der Waals surface area (Å²) in [7, 11) is 0. The number of thioether (sulfide) groups is 1. The van der Waals surface area contributed by atoms with Crippen LogP contribution in [-0.4, -0.2) is 26.7 Å². The second-order valence-electron chi connectivity index (χ2n) is 3.73. The molecule has 0 atom stereocenters. The zero-order valence-corrected chi connectivity index (χ0v) is 11.3. The molecule has 2 rings (SSSR count). The third kappa shape index (κ3) is 4.39. The van der Waals surface area contributed by atoms with Crippen LogP contribution in [0.3, 0.4) is 0 Å². The number of carbonyl (C=O) groups is 1. The van der Waals surface area contributed by atoms with E-state index in [1.807, 2.05) is 30.3 Å². The van der Waals surface area contributed by atoms with Crippen molar-refractivity contribution < 1.29 is 9.53 Å². The van der Waals surface area contributed by atoms with E-state index >= 15 is 0 Å². The highest BCUT2D eigenvalue weighted by molar-refractivity contribution is 8.00. The molecule has 2 aromatic rings. The van der Waals surface area contributed by atoms with E-state index in [1.54, 1.807) is 0 Å². The van der Waals surface area contributed by atoms with Gasteiger partial charge in [-0.2, -0.15) is 15.0 Å². The second-order valence-corrected chi connectivity index (χ2v) is 4.78. The van der Waals surface area contributed by atoms with Crippen molar-refractivity contribution >= 4 is 29.6 Å². The second kappa shape index (κ2) is 6.71. The Hall–Kier alpha value is -2.35. The highest BCUT2D eigenvalue weighted by atomic mass is 32.2. The molecule has 0 aliphatic heterocycles. The van der Waals surface area contributed by atoms with Crippen molar-refractivity contribution in [1.82, 2.24) is 15.0 Å². The summed E-state index contributed by atoms with van der Waals surface area (Å²) in [4.78, 5) is 23.8. The van der Waals surface area contributed by atoms with E-state index in [1.165, 1.54) is 11.8 Å². The van der Waals surface area contributed by atoms with Gasteiger partial charge >= 0.3 is 5.97 Å². The summed E-state index contributed by atoms with van der Waals surface area (Å²) in [5.41, 5.74) is 10.8. The van der Waals surface area contributed by atoms with Gasteiger partial charge in [0.25, 0.3) is 0 Å². The molecule has 0 bridgehead atoms. The average molecular weight is 291 g/mol. The Morgan fingerprint density at radius 2 is 1.75 bits per heavy atom. The Morgan fingerprint density at radius 1 is 1.10 bits per heavy atom. The number of hydrogen-bond acceptors (Lipinski definition) is 8. The smallest absolute Gasteiger partial charge is 0.316 e. The Labute approximate surface area is 119 Å². The fourth-order valence-corrected chi connectivity index (χ4v) is 2.08. The van der Waals surface area contributed by atoms with Gasteiger partial charge in [0, 0.05) is 4.90 Å². The summed E-state index contributed by atoms with van der Waals surface area (Å²) in [5.74, 6) is 0.0777. The molecular formula is C12H13N5O2S. The van der Waals surface area contributed by atoms with Crippen molar-refractivity contribution in [2.45, 2.75) is 11.5 Å². The van der Waals surface area contributed by atoms with Crippen molar-refractivity contribution in [2.75, 3.05) is 17.2 Å². The lowest BCUT2D eigenvalue weighted by atomic mass is 10.4. The fourth-order valence-electron chi connectivity index (χ4n) is 1.37. The quantitative estimate of drug-likeness (QED) is 0.615. The molecule has 0 saturated carbocycles. The lowest BCUT2D eigenvalue weighted by molar-refractivity contribution is -0.141. The highest BCUT2D eigenvalue weighted by Gasteiger charge is 2.07. The molecule has 0 saturated heterocycles. The minimum absolute atomic E-state index is 0.00205. The minimum Gasteiger partial charge on any atom is -0.457 e. The summed E-state index contributed by atoms with van der Waals surface area (Å²) in [6, 6.07) is 9.57. The van der Waals surface area contributed by atoms with Crippen LogP contribution in [0.5, 0.6) is 0 Å². The molecule has 0 spiro atoms. The van der Waals surface area contributed by atoms with Crippen LogP contribution < -0.4 is 11.5 Å². The maximum absolute atomic E-state index is 11.6. The van der Waals surface area contributed by atoms with Crippen LogP contribution in [0.4, 0.5) is 11.9 Å². The van der Waals surface area contributed by atoms with E-state index in [0.29, 0.717) is 0 Å². The molecule has 0 fully saturated rings. The number of esters is 1. The third-order valence-electron chi connectivity index (χ3n) is 2.18. The van der Waals surface area contributed by atoms with Crippen LogP contribution in [0.1, 0.15) is 5.82 Å².